The zero-order valence-corrected chi connectivity index (χ0v) is 14.9. The standard InChI is InChI=1S/C20H27BO2/c1-4-14-12-16(21)9-8-15(14)13-17-18(22)20(23-19(17,2)3)10-6-5-7-11-20/h8-9,12-13H,4-7,10-11,21H2,1-3H3/b17-13-. The normalized spacial score (nSPS) is 24.5. The molecule has 2 fully saturated rings. The molecule has 122 valence electrons. The van der Waals surface area contributed by atoms with Crippen LogP contribution in [0.25, 0.3) is 6.08 Å². The second-order valence-corrected chi connectivity index (χ2v) is 7.61. The van der Waals surface area contributed by atoms with Crippen LogP contribution in [0, 0.1) is 0 Å². The lowest BCUT2D eigenvalue weighted by Crippen LogP contribution is -2.39. The molecule has 0 radical (unpaired) electrons. The topological polar surface area (TPSA) is 26.3 Å². The summed E-state index contributed by atoms with van der Waals surface area (Å²) in [6.07, 6.45) is 8.23. The van der Waals surface area contributed by atoms with E-state index in [-0.39, 0.29) is 5.78 Å². The zero-order valence-electron chi connectivity index (χ0n) is 14.9. The van der Waals surface area contributed by atoms with Crippen LogP contribution in [-0.2, 0) is 16.0 Å². The summed E-state index contributed by atoms with van der Waals surface area (Å²) in [6, 6.07) is 6.47. The minimum absolute atomic E-state index is 0.227. The van der Waals surface area contributed by atoms with Gasteiger partial charge >= 0.3 is 0 Å². The van der Waals surface area contributed by atoms with Gasteiger partial charge < -0.3 is 4.74 Å². The molecule has 1 aromatic carbocycles. The summed E-state index contributed by atoms with van der Waals surface area (Å²) in [7, 11) is 2.11. The molecule has 2 aliphatic rings. The van der Waals surface area contributed by atoms with Gasteiger partial charge in [0.2, 0.25) is 0 Å². The number of hydrogen-bond acceptors (Lipinski definition) is 2. The molecule has 1 aromatic rings. The highest BCUT2D eigenvalue weighted by Gasteiger charge is 2.54. The molecule has 23 heavy (non-hydrogen) atoms. The molecule has 1 aliphatic heterocycles. The van der Waals surface area contributed by atoms with Crippen LogP contribution in [-0.4, -0.2) is 24.8 Å². The van der Waals surface area contributed by atoms with Crippen molar-refractivity contribution in [2.75, 3.05) is 0 Å². The van der Waals surface area contributed by atoms with Crippen molar-refractivity contribution in [1.29, 1.82) is 0 Å². The highest BCUT2D eigenvalue weighted by Crippen LogP contribution is 2.47. The van der Waals surface area contributed by atoms with E-state index in [1.54, 1.807) is 0 Å². The monoisotopic (exact) mass is 310 g/mol. The Hall–Kier alpha value is -1.35. The van der Waals surface area contributed by atoms with E-state index in [1.165, 1.54) is 17.4 Å². The van der Waals surface area contributed by atoms with Gasteiger partial charge in [0.25, 0.3) is 0 Å². The molecule has 0 aromatic heterocycles. The average Bonchev–Trinajstić information content (AvgIpc) is 2.69. The quantitative estimate of drug-likeness (QED) is 0.620. The first-order chi connectivity index (χ1) is 10.9. The first-order valence-corrected chi connectivity index (χ1v) is 8.95. The second-order valence-electron chi connectivity index (χ2n) is 7.61. The van der Waals surface area contributed by atoms with E-state index >= 15 is 0 Å². The maximum Gasteiger partial charge on any atom is 0.193 e. The second kappa shape index (κ2) is 5.94. The number of aryl methyl sites for hydroxylation is 1. The van der Waals surface area contributed by atoms with Crippen LogP contribution >= 0.6 is 0 Å². The van der Waals surface area contributed by atoms with Crippen molar-refractivity contribution < 1.29 is 9.53 Å². The summed E-state index contributed by atoms with van der Waals surface area (Å²) in [6.45, 7) is 6.25. The van der Waals surface area contributed by atoms with Crippen LogP contribution in [0.15, 0.2) is 23.8 Å². The maximum atomic E-state index is 13.2. The van der Waals surface area contributed by atoms with Crippen molar-refractivity contribution in [2.24, 2.45) is 0 Å². The number of rotatable bonds is 2. The number of benzene rings is 1. The van der Waals surface area contributed by atoms with Crippen LogP contribution in [0.3, 0.4) is 0 Å². The number of carbonyl (C=O) groups is 1. The smallest absolute Gasteiger partial charge is 0.193 e. The third-order valence-corrected chi connectivity index (χ3v) is 5.40. The Kier molecular flexibility index (Phi) is 4.26. The maximum absolute atomic E-state index is 13.2. The third kappa shape index (κ3) is 2.92. The molecule has 0 unspecified atom stereocenters. The summed E-state index contributed by atoms with van der Waals surface area (Å²) in [5, 5.41) is 0. The first kappa shape index (κ1) is 16.5. The van der Waals surface area contributed by atoms with E-state index < -0.39 is 11.2 Å². The van der Waals surface area contributed by atoms with Gasteiger partial charge in [-0.1, -0.05) is 49.8 Å². The van der Waals surface area contributed by atoms with Gasteiger partial charge in [-0.15, -0.1) is 0 Å². The van der Waals surface area contributed by atoms with Gasteiger partial charge in [-0.3, -0.25) is 4.79 Å². The SMILES string of the molecule is Bc1ccc(/C=C2/C(=O)C3(CCCCC3)OC2(C)C)c(CC)c1. The lowest BCUT2D eigenvalue weighted by molar-refractivity contribution is -0.143. The predicted molar refractivity (Wildman–Crippen MR) is 98.0 cm³/mol. The molecular weight excluding hydrogens is 283 g/mol. The summed E-state index contributed by atoms with van der Waals surface area (Å²) in [5.74, 6) is 0.227. The van der Waals surface area contributed by atoms with E-state index in [9.17, 15) is 4.79 Å². The molecule has 0 bridgehead atoms. The molecule has 1 spiro atoms. The molecule has 0 N–H and O–H groups in total. The van der Waals surface area contributed by atoms with Crippen LogP contribution in [0.4, 0.5) is 0 Å². The number of hydrogen-bond donors (Lipinski definition) is 0. The van der Waals surface area contributed by atoms with Crippen LogP contribution in [0.1, 0.15) is 64.0 Å². The molecule has 2 nitrogen and oxygen atoms in total. The van der Waals surface area contributed by atoms with E-state index in [0.29, 0.717) is 0 Å². The summed E-state index contributed by atoms with van der Waals surface area (Å²) in [5.41, 5.74) is 3.52. The number of ketones is 1. The van der Waals surface area contributed by atoms with Crippen LogP contribution < -0.4 is 5.46 Å². The fourth-order valence-corrected chi connectivity index (χ4v) is 4.14. The van der Waals surface area contributed by atoms with Crippen molar-refractivity contribution in [3.8, 4) is 0 Å². The Bertz CT molecular complexity index is 652. The Morgan fingerprint density at radius 3 is 2.57 bits per heavy atom. The molecule has 1 aliphatic carbocycles. The van der Waals surface area contributed by atoms with Gasteiger partial charge in [0, 0.05) is 5.57 Å². The van der Waals surface area contributed by atoms with Crippen molar-refractivity contribution >= 4 is 25.2 Å². The average molecular weight is 310 g/mol. The van der Waals surface area contributed by atoms with Gasteiger partial charge in [-0.05, 0) is 50.3 Å². The van der Waals surface area contributed by atoms with Crippen LogP contribution in [0.5, 0.6) is 0 Å². The molecular formula is C20H27BO2. The van der Waals surface area contributed by atoms with Gasteiger partial charge in [-0.25, -0.2) is 0 Å². The number of ether oxygens (including phenoxy) is 1. The van der Waals surface area contributed by atoms with Crippen molar-refractivity contribution in [3.63, 3.8) is 0 Å². The Morgan fingerprint density at radius 2 is 1.91 bits per heavy atom. The van der Waals surface area contributed by atoms with Gasteiger partial charge in [0.05, 0.1) is 5.60 Å². The Balaban J connectivity index is 2.03. The first-order valence-electron chi connectivity index (χ1n) is 8.95. The third-order valence-electron chi connectivity index (χ3n) is 5.40. The molecule has 1 saturated carbocycles. The minimum atomic E-state index is -0.551. The van der Waals surface area contributed by atoms with Crippen molar-refractivity contribution in [1.82, 2.24) is 0 Å². The fourth-order valence-electron chi connectivity index (χ4n) is 4.14. The lowest BCUT2D eigenvalue weighted by Gasteiger charge is -2.32. The zero-order chi connectivity index (χ0) is 16.7. The van der Waals surface area contributed by atoms with Gasteiger partial charge in [-0.2, -0.15) is 0 Å². The molecule has 3 rings (SSSR count). The van der Waals surface area contributed by atoms with Crippen molar-refractivity contribution in [3.05, 3.63) is 34.9 Å². The molecule has 0 amide bonds. The van der Waals surface area contributed by atoms with E-state index in [2.05, 4.69) is 39.0 Å². The largest absolute Gasteiger partial charge is 0.356 e. The molecule has 0 atom stereocenters. The molecule has 1 heterocycles. The van der Waals surface area contributed by atoms with E-state index in [0.717, 1.165) is 43.2 Å². The Morgan fingerprint density at radius 1 is 1.22 bits per heavy atom. The number of carbonyl (C=O) groups excluding carboxylic acids is 1. The van der Waals surface area contributed by atoms with Gasteiger partial charge in [0.1, 0.15) is 13.4 Å². The predicted octanol–water partition coefficient (Wildman–Crippen LogP) is 2.97. The lowest BCUT2D eigenvalue weighted by atomic mass is 9.79. The number of Topliss-reactive ketones (excluding diaryl/α,β-unsaturated/α-hetero) is 1. The highest BCUT2D eigenvalue weighted by molar-refractivity contribution is 6.32. The van der Waals surface area contributed by atoms with E-state index in [1.807, 2.05) is 13.8 Å². The Labute approximate surface area is 140 Å². The summed E-state index contributed by atoms with van der Waals surface area (Å²) >= 11 is 0. The van der Waals surface area contributed by atoms with Crippen LogP contribution in [0.2, 0.25) is 0 Å². The fraction of sp³-hybridized carbons (Fsp3) is 0.550. The summed E-state index contributed by atoms with van der Waals surface area (Å²) < 4.78 is 6.35. The van der Waals surface area contributed by atoms with E-state index in [4.69, 9.17) is 4.74 Å². The molecule has 3 heteroatoms. The summed E-state index contributed by atoms with van der Waals surface area (Å²) in [4.78, 5) is 13.2. The van der Waals surface area contributed by atoms with Crippen molar-refractivity contribution in [2.45, 2.75) is 70.5 Å². The van der Waals surface area contributed by atoms with Gasteiger partial charge in [0.15, 0.2) is 5.78 Å². The minimum Gasteiger partial charge on any atom is -0.356 e. The highest BCUT2D eigenvalue weighted by atomic mass is 16.5. The molecule has 1 saturated heterocycles.